The maximum absolute atomic E-state index is 14.2. The molecule has 0 aromatic heterocycles. The number of anilines is 1. The molecule has 0 spiro atoms. The number of ketones is 1. The van der Waals surface area contributed by atoms with Crippen LogP contribution in [0.15, 0.2) is 84.9 Å². The van der Waals surface area contributed by atoms with Crippen LogP contribution >= 0.6 is 0 Å². The predicted octanol–water partition coefficient (Wildman–Crippen LogP) is 4.92. The molecule has 0 unspecified atom stereocenters. The summed E-state index contributed by atoms with van der Waals surface area (Å²) in [4.78, 5) is 53.7. The molecule has 6 rings (SSSR count). The Morgan fingerprint density at radius 2 is 1.11 bits per heavy atom. The summed E-state index contributed by atoms with van der Waals surface area (Å²) in [5, 5.41) is 11.1. The van der Waals surface area contributed by atoms with Crippen molar-refractivity contribution in [3.8, 4) is 0 Å². The molecule has 2 amide bonds. The zero-order chi connectivity index (χ0) is 25.4. The molecule has 1 saturated heterocycles. The molecule has 3 aromatic carbocycles. The molecule has 1 heterocycles. The molecule has 1 saturated carbocycles. The molecule has 3 aliphatic rings. The van der Waals surface area contributed by atoms with E-state index in [4.69, 9.17) is 0 Å². The third kappa shape index (κ3) is 2.54. The van der Waals surface area contributed by atoms with E-state index in [-0.39, 0.29) is 17.2 Å². The van der Waals surface area contributed by atoms with Crippen LogP contribution in [0.2, 0.25) is 0 Å². The Hall–Kier alpha value is -4.39. The van der Waals surface area contributed by atoms with E-state index in [1.54, 1.807) is 13.8 Å². The average Bonchev–Trinajstić information content (AvgIpc) is 3.34. The van der Waals surface area contributed by atoms with Crippen molar-refractivity contribution in [3.63, 3.8) is 0 Å². The van der Waals surface area contributed by atoms with Crippen molar-refractivity contribution in [1.29, 1.82) is 0 Å². The van der Waals surface area contributed by atoms with Gasteiger partial charge in [-0.25, -0.2) is 4.90 Å². The molecule has 2 bridgehead atoms. The number of amides is 2. The van der Waals surface area contributed by atoms with E-state index in [2.05, 4.69) is 0 Å². The van der Waals surface area contributed by atoms with E-state index in [1.807, 2.05) is 60.7 Å². The Bertz CT molecular complexity index is 1410. The summed E-state index contributed by atoms with van der Waals surface area (Å²) in [6.45, 7) is 3.59. The van der Waals surface area contributed by atoms with E-state index in [0.717, 1.165) is 27.2 Å². The molecule has 3 aromatic rings. The second kappa shape index (κ2) is 7.31. The van der Waals surface area contributed by atoms with Gasteiger partial charge < -0.3 is 0 Å². The summed E-state index contributed by atoms with van der Waals surface area (Å²) < 4.78 is 0. The molecular formula is C29H22N2O5. The van der Waals surface area contributed by atoms with Gasteiger partial charge in [-0.2, -0.15) is 0 Å². The molecule has 0 N–H and O–H groups in total. The smallest absolute Gasteiger partial charge is 0.269 e. The summed E-state index contributed by atoms with van der Waals surface area (Å²) in [5.41, 5.74) is 1.01. The van der Waals surface area contributed by atoms with Crippen LogP contribution in [-0.4, -0.2) is 22.5 Å². The van der Waals surface area contributed by atoms with Gasteiger partial charge in [-0.15, -0.1) is 0 Å². The first-order chi connectivity index (χ1) is 17.2. The third-order valence-corrected chi connectivity index (χ3v) is 8.23. The van der Waals surface area contributed by atoms with Gasteiger partial charge in [-0.1, -0.05) is 60.7 Å². The first-order valence-electron chi connectivity index (χ1n) is 11.8. The van der Waals surface area contributed by atoms with Gasteiger partial charge in [0.15, 0.2) is 5.78 Å². The summed E-state index contributed by atoms with van der Waals surface area (Å²) in [5.74, 6) is -2.73. The van der Waals surface area contributed by atoms with Gasteiger partial charge in [0.25, 0.3) is 5.69 Å². The van der Waals surface area contributed by atoms with Crippen LogP contribution in [0.25, 0.3) is 11.1 Å². The van der Waals surface area contributed by atoms with Gasteiger partial charge in [-0.3, -0.25) is 24.5 Å². The molecule has 7 nitrogen and oxygen atoms in total. The van der Waals surface area contributed by atoms with Gasteiger partial charge in [0.05, 0.1) is 33.3 Å². The SMILES string of the molecule is C[C@]12C(=O)[C@@](C)(C(c3ccccc3)=C1c1ccccc1)[C@@H]1C(=O)N(c3ccc([N+](=O)[O-])cc3)C(=O)[C@H]12. The van der Waals surface area contributed by atoms with Gasteiger partial charge in [0.2, 0.25) is 11.8 Å². The fourth-order valence-corrected chi connectivity index (χ4v) is 6.79. The van der Waals surface area contributed by atoms with Crippen LogP contribution in [0, 0.1) is 32.8 Å². The van der Waals surface area contributed by atoms with Gasteiger partial charge >= 0.3 is 0 Å². The normalized spacial score (nSPS) is 28.7. The molecule has 2 fully saturated rings. The van der Waals surface area contributed by atoms with E-state index < -0.39 is 39.4 Å². The van der Waals surface area contributed by atoms with Crippen LogP contribution < -0.4 is 4.90 Å². The Labute approximate surface area is 207 Å². The number of nitro benzene ring substituents is 1. The lowest BCUT2D eigenvalue weighted by molar-refractivity contribution is -0.384. The van der Waals surface area contributed by atoms with Crippen LogP contribution in [0.4, 0.5) is 11.4 Å². The van der Waals surface area contributed by atoms with Gasteiger partial charge in [0.1, 0.15) is 0 Å². The maximum atomic E-state index is 14.2. The zero-order valence-corrected chi connectivity index (χ0v) is 19.7. The van der Waals surface area contributed by atoms with E-state index in [0.29, 0.717) is 0 Å². The lowest BCUT2D eigenvalue weighted by Gasteiger charge is -2.35. The number of nitro groups is 1. The number of imide groups is 1. The highest BCUT2D eigenvalue weighted by Crippen LogP contribution is 2.73. The van der Waals surface area contributed by atoms with Crippen molar-refractivity contribution in [3.05, 3.63) is 106 Å². The fraction of sp³-hybridized carbons (Fsp3) is 0.207. The van der Waals surface area contributed by atoms with Crippen molar-refractivity contribution in [2.24, 2.45) is 22.7 Å². The Morgan fingerprint density at radius 3 is 1.50 bits per heavy atom. The quantitative estimate of drug-likeness (QED) is 0.301. The molecule has 36 heavy (non-hydrogen) atoms. The predicted molar refractivity (Wildman–Crippen MR) is 133 cm³/mol. The number of carbonyl (C=O) groups excluding carboxylic acids is 3. The number of nitrogens with zero attached hydrogens (tertiary/aromatic N) is 2. The van der Waals surface area contributed by atoms with Gasteiger partial charge in [-0.05, 0) is 48.3 Å². The van der Waals surface area contributed by atoms with Crippen LogP contribution in [0.1, 0.15) is 25.0 Å². The van der Waals surface area contributed by atoms with Crippen molar-refractivity contribution in [1.82, 2.24) is 0 Å². The first-order valence-corrected chi connectivity index (χ1v) is 11.8. The summed E-state index contributed by atoms with van der Waals surface area (Å²) in [6, 6.07) is 24.5. The molecule has 2 aliphatic carbocycles. The number of benzene rings is 3. The van der Waals surface area contributed by atoms with E-state index in [1.165, 1.54) is 24.3 Å². The molecular weight excluding hydrogens is 456 g/mol. The molecule has 0 radical (unpaired) electrons. The Morgan fingerprint density at radius 1 is 0.694 bits per heavy atom. The van der Waals surface area contributed by atoms with E-state index in [9.17, 15) is 24.5 Å². The monoisotopic (exact) mass is 478 g/mol. The number of fused-ring (bicyclic) bond motifs is 5. The van der Waals surface area contributed by atoms with Crippen LogP contribution in [-0.2, 0) is 14.4 Å². The summed E-state index contributed by atoms with van der Waals surface area (Å²) >= 11 is 0. The molecule has 7 heteroatoms. The van der Waals surface area contributed by atoms with Crippen molar-refractivity contribution >= 4 is 40.1 Å². The summed E-state index contributed by atoms with van der Waals surface area (Å²) in [7, 11) is 0. The highest BCUT2D eigenvalue weighted by Gasteiger charge is 2.78. The number of rotatable bonds is 4. The van der Waals surface area contributed by atoms with Crippen molar-refractivity contribution in [2.75, 3.05) is 4.90 Å². The Balaban J connectivity index is 1.57. The third-order valence-electron chi connectivity index (χ3n) is 8.23. The topological polar surface area (TPSA) is 97.6 Å². The standard InChI is InChI=1S/C29H22N2O5/c1-28-21(17-9-5-3-6-10-17)22(18-11-7-4-8-12-18)29(2,27(28)34)24-23(28)25(32)30(26(24)33)19-13-15-20(16-14-19)31(35)36/h3-16,23-24H,1-2H3/t23-,24-,28-,29-/m0/s1. The van der Waals surface area contributed by atoms with Crippen molar-refractivity contribution in [2.45, 2.75) is 13.8 Å². The number of hydrogen-bond donors (Lipinski definition) is 0. The van der Waals surface area contributed by atoms with Crippen LogP contribution in [0.3, 0.4) is 0 Å². The fourth-order valence-electron chi connectivity index (χ4n) is 6.79. The summed E-state index contributed by atoms with van der Waals surface area (Å²) in [6.07, 6.45) is 0. The lowest BCUT2D eigenvalue weighted by atomic mass is 9.63. The Kier molecular flexibility index (Phi) is 4.48. The highest BCUT2D eigenvalue weighted by molar-refractivity contribution is 6.34. The van der Waals surface area contributed by atoms with Crippen molar-refractivity contribution < 1.29 is 19.3 Å². The minimum atomic E-state index is -1.20. The molecule has 4 atom stereocenters. The number of non-ortho nitro benzene ring substituents is 1. The van der Waals surface area contributed by atoms with Gasteiger partial charge in [0, 0.05) is 12.1 Å². The second-order valence-electron chi connectivity index (χ2n) is 9.96. The lowest BCUT2D eigenvalue weighted by Crippen LogP contribution is -2.40. The minimum absolute atomic E-state index is 0.118. The maximum Gasteiger partial charge on any atom is 0.269 e. The average molecular weight is 479 g/mol. The van der Waals surface area contributed by atoms with Crippen LogP contribution in [0.5, 0.6) is 0 Å². The zero-order valence-electron chi connectivity index (χ0n) is 19.7. The minimum Gasteiger partial charge on any atom is -0.298 e. The number of carbonyl (C=O) groups is 3. The first kappa shape index (κ1) is 22.1. The number of hydrogen-bond acceptors (Lipinski definition) is 5. The molecule has 1 aliphatic heterocycles. The highest BCUT2D eigenvalue weighted by atomic mass is 16.6. The van der Waals surface area contributed by atoms with E-state index >= 15 is 0 Å². The molecule has 178 valence electrons. The second-order valence-corrected chi connectivity index (χ2v) is 9.96. The largest absolute Gasteiger partial charge is 0.298 e. The number of allylic oxidation sites excluding steroid dienone is 2. The number of Topliss-reactive ketones (excluding diaryl/α,β-unsaturated/α-hetero) is 1.